The van der Waals surface area contributed by atoms with Crippen LogP contribution in [0.25, 0.3) is 109 Å². The first-order chi connectivity index (χ1) is 35.2. The summed E-state index contributed by atoms with van der Waals surface area (Å²) in [6, 6.07) is 89.5. The maximum atomic E-state index is 3.78. The maximum Gasteiger partial charge on any atom is 0.0464 e. The summed E-state index contributed by atoms with van der Waals surface area (Å²) in [7, 11) is 0. The Kier molecular flexibility index (Phi) is 12.8. The highest BCUT2D eigenvalue weighted by Gasteiger charge is 2.04. The van der Waals surface area contributed by atoms with Crippen molar-refractivity contribution in [1.29, 1.82) is 0 Å². The van der Waals surface area contributed by atoms with Crippen LogP contribution in [-0.4, -0.2) is 29.9 Å². The van der Waals surface area contributed by atoms with Crippen LogP contribution in [0.5, 0.6) is 0 Å². The zero-order valence-corrected chi connectivity index (χ0v) is 38.9. The van der Waals surface area contributed by atoms with E-state index in [1.165, 1.54) is 109 Å². The molecule has 340 valence electrons. The average molecular weight is 915 g/mol. The van der Waals surface area contributed by atoms with Gasteiger partial charge in [0.15, 0.2) is 0 Å². The van der Waals surface area contributed by atoms with Crippen LogP contribution in [-0.2, 0) is 0 Å². The summed E-state index contributed by atoms with van der Waals surface area (Å²) in [6.07, 6.45) is 3.50. The Morgan fingerprint density at radius 2 is 0.296 bits per heavy atom. The van der Waals surface area contributed by atoms with Crippen molar-refractivity contribution in [2.75, 3.05) is 0 Å². The van der Waals surface area contributed by atoms with Gasteiger partial charge in [0.05, 0.1) is 0 Å². The molecule has 0 saturated carbocycles. The highest BCUT2D eigenvalue weighted by molar-refractivity contribution is 6.10. The third-order valence-corrected chi connectivity index (χ3v) is 12.6. The van der Waals surface area contributed by atoms with Gasteiger partial charge < -0.3 is 24.9 Å². The van der Waals surface area contributed by atoms with Crippen LogP contribution in [0.3, 0.4) is 0 Å². The van der Waals surface area contributed by atoms with E-state index in [9.17, 15) is 0 Å². The van der Waals surface area contributed by atoms with Gasteiger partial charge in [0.25, 0.3) is 0 Å². The van der Waals surface area contributed by atoms with Crippen molar-refractivity contribution >= 4 is 109 Å². The van der Waals surface area contributed by atoms with Gasteiger partial charge in [0.1, 0.15) is 0 Å². The second-order valence-electron chi connectivity index (χ2n) is 17.1. The monoisotopic (exact) mass is 914 g/mol. The third kappa shape index (κ3) is 9.59. The first-order valence-corrected chi connectivity index (χ1v) is 23.9. The number of nitrogens with one attached hydrogen (secondary N) is 5. The summed E-state index contributed by atoms with van der Waals surface area (Å²) in [5.74, 6) is 0. The van der Waals surface area contributed by atoms with Crippen LogP contribution >= 0.6 is 0 Å². The van der Waals surface area contributed by atoms with E-state index in [1.807, 2.05) is 18.2 Å². The molecule has 0 fully saturated rings. The molecule has 0 saturated heterocycles. The predicted molar refractivity (Wildman–Crippen MR) is 303 cm³/mol. The van der Waals surface area contributed by atoms with Gasteiger partial charge >= 0.3 is 0 Å². The van der Waals surface area contributed by atoms with Crippen LogP contribution in [0.2, 0.25) is 0 Å². The number of H-pyrrole nitrogens is 5. The zero-order chi connectivity index (χ0) is 47.6. The summed E-state index contributed by atoms with van der Waals surface area (Å²) >= 11 is 0. The number of hydrogen-bond donors (Lipinski definition) is 5. The molecule has 0 atom stereocenters. The fourth-order valence-electron chi connectivity index (χ4n) is 9.31. The summed E-state index contributed by atoms with van der Waals surface area (Å²) in [5, 5.41) is 13.0. The van der Waals surface area contributed by atoms with Crippen molar-refractivity contribution in [2.45, 2.75) is 0 Å². The molecule has 0 aliphatic carbocycles. The lowest BCUT2D eigenvalue weighted by molar-refractivity contribution is 1.33. The van der Waals surface area contributed by atoms with Gasteiger partial charge in [-0.15, -0.1) is 0 Å². The largest absolute Gasteiger partial charge is 0.355 e. The second-order valence-corrected chi connectivity index (χ2v) is 17.1. The van der Waals surface area contributed by atoms with Gasteiger partial charge in [-0.25, -0.2) is 0 Å². The SMILES string of the molecule is c1ccc2c(c1)[nH]c1ccccc12.c1ccc2c(c1)[nH]c1ccccc12.c1ccc2c(c1)[nH]c1ccccc12.c1ccc2c(c1)[nH]c1ccccc12.c1ccc2c(c1)[nH]c1ccccc12.c1ccncc1. The molecule has 0 radical (unpaired) electrons. The molecule has 0 bridgehead atoms. The molecule has 0 aliphatic rings. The Morgan fingerprint density at radius 1 is 0.155 bits per heavy atom. The smallest absolute Gasteiger partial charge is 0.0464 e. The number of aromatic nitrogens is 6. The Morgan fingerprint density at radius 3 is 0.408 bits per heavy atom. The van der Waals surface area contributed by atoms with Crippen molar-refractivity contribution in [3.8, 4) is 0 Å². The summed E-state index contributed by atoms with van der Waals surface area (Å²) in [4.78, 5) is 20.7. The number of rotatable bonds is 0. The van der Waals surface area contributed by atoms with Crippen molar-refractivity contribution in [3.05, 3.63) is 273 Å². The van der Waals surface area contributed by atoms with Crippen molar-refractivity contribution in [2.24, 2.45) is 0 Å². The van der Waals surface area contributed by atoms with Crippen LogP contribution < -0.4 is 0 Å². The second kappa shape index (κ2) is 20.7. The van der Waals surface area contributed by atoms with E-state index in [0.717, 1.165) is 0 Å². The quantitative estimate of drug-likeness (QED) is 0.103. The molecule has 6 heteroatoms. The lowest BCUT2D eigenvalue weighted by Gasteiger charge is -1.87. The number of aromatic amines is 5. The van der Waals surface area contributed by atoms with Gasteiger partial charge in [-0.05, 0) is 72.8 Å². The van der Waals surface area contributed by atoms with Crippen molar-refractivity contribution in [1.82, 2.24) is 29.9 Å². The number of para-hydroxylation sites is 10. The molecule has 5 N–H and O–H groups in total. The van der Waals surface area contributed by atoms with E-state index in [4.69, 9.17) is 0 Å². The molecule has 71 heavy (non-hydrogen) atoms. The highest BCUT2D eigenvalue weighted by Crippen LogP contribution is 2.28. The maximum absolute atomic E-state index is 3.78. The van der Waals surface area contributed by atoms with E-state index in [0.29, 0.717) is 0 Å². The number of fused-ring (bicyclic) bond motifs is 15. The van der Waals surface area contributed by atoms with Gasteiger partial charge in [-0.3, -0.25) is 4.98 Å². The van der Waals surface area contributed by atoms with Gasteiger partial charge in [0.2, 0.25) is 0 Å². The fraction of sp³-hybridized carbons (Fsp3) is 0. The molecule has 0 unspecified atom stereocenters. The fourth-order valence-corrected chi connectivity index (χ4v) is 9.31. The van der Waals surface area contributed by atoms with Crippen molar-refractivity contribution < 1.29 is 0 Å². The van der Waals surface area contributed by atoms with E-state index in [-0.39, 0.29) is 0 Å². The standard InChI is InChI=1S/5C12H9N.C5H5N/c5*1-3-7-11-9(5-1)10-6-2-4-8-12(10)13-11;1-2-4-6-5-3-1/h5*1-8,13H;1-5H. The molecular formula is C65H50N6. The predicted octanol–water partition coefficient (Wildman–Crippen LogP) is 17.7. The van der Waals surface area contributed by atoms with Crippen LogP contribution in [0.15, 0.2) is 273 Å². The van der Waals surface area contributed by atoms with Crippen LogP contribution in [0, 0.1) is 0 Å². The Bertz CT molecular complexity index is 3430. The van der Waals surface area contributed by atoms with E-state index >= 15 is 0 Å². The van der Waals surface area contributed by atoms with Crippen LogP contribution in [0.4, 0.5) is 0 Å². The van der Waals surface area contributed by atoms with E-state index in [1.54, 1.807) is 12.4 Å². The molecule has 16 rings (SSSR count). The van der Waals surface area contributed by atoms with Crippen molar-refractivity contribution in [3.63, 3.8) is 0 Å². The normalized spacial score (nSPS) is 10.8. The molecule has 6 aromatic heterocycles. The Labute approximate surface area is 410 Å². The molecule has 6 heterocycles. The topological polar surface area (TPSA) is 91.8 Å². The molecule has 16 aromatic rings. The third-order valence-electron chi connectivity index (χ3n) is 12.6. The highest BCUT2D eigenvalue weighted by atomic mass is 14.7. The van der Waals surface area contributed by atoms with Crippen LogP contribution in [0.1, 0.15) is 0 Å². The number of nitrogens with zero attached hydrogens (tertiary/aromatic N) is 1. The Hall–Kier alpha value is -9.65. The first-order valence-electron chi connectivity index (χ1n) is 23.9. The average Bonchev–Trinajstić information content (AvgIpc) is 4.28. The minimum absolute atomic E-state index is 1.21. The molecule has 0 amide bonds. The number of benzene rings is 10. The Balaban J connectivity index is 0.0000000935. The minimum Gasteiger partial charge on any atom is -0.355 e. The van der Waals surface area contributed by atoms with Gasteiger partial charge in [-0.1, -0.05) is 188 Å². The lowest BCUT2D eigenvalue weighted by atomic mass is 10.2. The van der Waals surface area contributed by atoms with E-state index < -0.39 is 0 Å². The zero-order valence-electron chi connectivity index (χ0n) is 38.9. The summed E-state index contributed by atoms with van der Waals surface area (Å²) < 4.78 is 0. The minimum atomic E-state index is 1.21. The molecule has 0 spiro atoms. The summed E-state index contributed by atoms with van der Waals surface area (Å²) in [5.41, 5.74) is 12.1. The molecule has 6 nitrogen and oxygen atoms in total. The van der Waals surface area contributed by atoms with Gasteiger partial charge in [-0.2, -0.15) is 0 Å². The number of pyridine rings is 1. The molecular weight excluding hydrogens is 865 g/mol. The molecule has 10 aromatic carbocycles. The van der Waals surface area contributed by atoms with Gasteiger partial charge in [0, 0.05) is 121 Å². The molecule has 0 aliphatic heterocycles. The first kappa shape index (κ1) is 43.9. The summed E-state index contributed by atoms with van der Waals surface area (Å²) in [6.45, 7) is 0. The lowest BCUT2D eigenvalue weighted by Crippen LogP contribution is -1.62. The number of hydrogen-bond acceptors (Lipinski definition) is 1. The van der Waals surface area contributed by atoms with E-state index in [2.05, 4.69) is 273 Å².